The molecule has 0 aliphatic rings. The predicted molar refractivity (Wildman–Crippen MR) is 65.6 cm³/mol. The average molecular weight is 239 g/mol. The van der Waals surface area contributed by atoms with Crippen LogP contribution in [0.1, 0.15) is 5.82 Å². The lowest BCUT2D eigenvalue weighted by Gasteiger charge is -2.12. The summed E-state index contributed by atoms with van der Waals surface area (Å²) in [6, 6.07) is 1.98. The Labute approximate surface area is 99.9 Å². The molecule has 0 fully saturated rings. The van der Waals surface area contributed by atoms with E-state index in [1.54, 1.807) is 12.4 Å². The highest BCUT2D eigenvalue weighted by Gasteiger charge is 2.09. The maximum Gasteiger partial charge on any atom is 0.124 e. The van der Waals surface area contributed by atoms with Crippen molar-refractivity contribution in [3.63, 3.8) is 0 Å². The van der Waals surface area contributed by atoms with E-state index in [4.69, 9.17) is 11.6 Å². The molecule has 0 saturated heterocycles. The van der Waals surface area contributed by atoms with Crippen molar-refractivity contribution in [3.05, 3.63) is 24.3 Å². The Morgan fingerprint density at radius 3 is 2.94 bits per heavy atom. The van der Waals surface area contributed by atoms with Gasteiger partial charge in [-0.1, -0.05) is 0 Å². The second-order valence-electron chi connectivity index (χ2n) is 3.98. The summed E-state index contributed by atoms with van der Waals surface area (Å²) in [7, 11) is 4.11. The molecule has 0 spiro atoms. The third-order valence-corrected chi connectivity index (χ3v) is 2.76. The lowest BCUT2D eigenvalue weighted by molar-refractivity contribution is 0.384. The van der Waals surface area contributed by atoms with Gasteiger partial charge in [-0.25, -0.2) is 4.98 Å². The van der Waals surface area contributed by atoms with Gasteiger partial charge in [0.1, 0.15) is 11.3 Å². The molecule has 2 heterocycles. The standard InChI is InChI=1S/C11H15ClN4/c1-15(2)5-6-16-10-3-4-13-8-9(10)14-11(16)7-12/h3-4,8H,5-7H2,1-2H3. The molecular weight excluding hydrogens is 224 g/mol. The minimum atomic E-state index is 0.433. The summed E-state index contributed by atoms with van der Waals surface area (Å²) >= 11 is 5.90. The topological polar surface area (TPSA) is 34.0 Å². The van der Waals surface area contributed by atoms with E-state index in [1.807, 2.05) is 6.07 Å². The van der Waals surface area contributed by atoms with Crippen LogP contribution in [0, 0.1) is 0 Å². The zero-order valence-corrected chi connectivity index (χ0v) is 10.3. The Morgan fingerprint density at radius 2 is 2.25 bits per heavy atom. The molecule has 0 aliphatic carbocycles. The van der Waals surface area contributed by atoms with Gasteiger partial charge in [-0.15, -0.1) is 11.6 Å². The minimum Gasteiger partial charge on any atom is -0.326 e. The number of hydrogen-bond acceptors (Lipinski definition) is 3. The first-order valence-corrected chi connectivity index (χ1v) is 5.75. The van der Waals surface area contributed by atoms with Gasteiger partial charge in [-0.3, -0.25) is 4.98 Å². The van der Waals surface area contributed by atoms with E-state index in [9.17, 15) is 0 Å². The highest BCUT2D eigenvalue weighted by molar-refractivity contribution is 6.16. The maximum atomic E-state index is 5.90. The number of fused-ring (bicyclic) bond motifs is 1. The summed E-state index contributed by atoms with van der Waals surface area (Å²) in [5.74, 6) is 1.34. The zero-order chi connectivity index (χ0) is 11.5. The number of halogens is 1. The smallest absolute Gasteiger partial charge is 0.124 e. The largest absolute Gasteiger partial charge is 0.326 e. The first kappa shape index (κ1) is 11.4. The van der Waals surface area contributed by atoms with Crippen LogP contribution in [0.2, 0.25) is 0 Å². The third-order valence-electron chi connectivity index (χ3n) is 2.52. The molecule has 0 amide bonds. The number of hydrogen-bond donors (Lipinski definition) is 0. The highest BCUT2D eigenvalue weighted by atomic mass is 35.5. The fourth-order valence-electron chi connectivity index (χ4n) is 1.68. The van der Waals surface area contributed by atoms with Crippen molar-refractivity contribution >= 4 is 22.6 Å². The van der Waals surface area contributed by atoms with E-state index in [0.29, 0.717) is 5.88 Å². The summed E-state index contributed by atoms with van der Waals surface area (Å²) in [5.41, 5.74) is 2.02. The first-order valence-electron chi connectivity index (χ1n) is 5.22. The molecule has 0 saturated carbocycles. The normalized spacial score (nSPS) is 11.5. The van der Waals surface area contributed by atoms with Crippen molar-refractivity contribution in [1.29, 1.82) is 0 Å². The Bertz CT molecular complexity index is 478. The average Bonchev–Trinajstić information content (AvgIpc) is 2.64. The van der Waals surface area contributed by atoms with Crippen LogP contribution in [0.25, 0.3) is 11.0 Å². The number of rotatable bonds is 4. The predicted octanol–water partition coefficient (Wildman–Crippen LogP) is 1.73. The molecule has 0 N–H and O–H groups in total. The molecule has 0 atom stereocenters. The molecule has 2 aromatic heterocycles. The first-order chi connectivity index (χ1) is 7.72. The lowest BCUT2D eigenvalue weighted by Crippen LogP contribution is -2.19. The van der Waals surface area contributed by atoms with E-state index in [-0.39, 0.29) is 0 Å². The van der Waals surface area contributed by atoms with E-state index >= 15 is 0 Å². The molecule has 0 radical (unpaired) electrons. The SMILES string of the molecule is CN(C)CCn1c(CCl)nc2cnccc21. The number of alkyl halides is 1. The van der Waals surface area contributed by atoms with Crippen molar-refractivity contribution in [2.24, 2.45) is 0 Å². The second-order valence-corrected chi connectivity index (χ2v) is 4.25. The van der Waals surface area contributed by atoms with Crippen LogP contribution in [0.5, 0.6) is 0 Å². The van der Waals surface area contributed by atoms with Gasteiger partial charge in [-0.05, 0) is 20.2 Å². The van der Waals surface area contributed by atoms with E-state index < -0.39 is 0 Å². The number of nitrogens with zero attached hydrogens (tertiary/aromatic N) is 4. The van der Waals surface area contributed by atoms with Crippen LogP contribution < -0.4 is 0 Å². The Kier molecular flexibility index (Phi) is 3.41. The molecule has 86 valence electrons. The molecule has 0 bridgehead atoms. The zero-order valence-electron chi connectivity index (χ0n) is 9.52. The molecule has 5 heteroatoms. The molecule has 2 aromatic rings. The summed E-state index contributed by atoms with van der Waals surface area (Å²) in [6.07, 6.45) is 3.56. The van der Waals surface area contributed by atoms with Crippen molar-refractivity contribution < 1.29 is 0 Å². The van der Waals surface area contributed by atoms with E-state index in [1.165, 1.54) is 0 Å². The van der Waals surface area contributed by atoms with Crippen LogP contribution in [0.15, 0.2) is 18.5 Å². The van der Waals surface area contributed by atoms with Gasteiger partial charge >= 0.3 is 0 Å². The molecule has 16 heavy (non-hydrogen) atoms. The molecule has 0 aliphatic heterocycles. The van der Waals surface area contributed by atoms with Crippen molar-refractivity contribution in [2.75, 3.05) is 20.6 Å². The maximum absolute atomic E-state index is 5.90. The number of imidazole rings is 1. The van der Waals surface area contributed by atoms with Gasteiger partial charge in [0, 0.05) is 19.3 Å². The molecule has 0 unspecified atom stereocenters. The van der Waals surface area contributed by atoms with Gasteiger partial charge < -0.3 is 9.47 Å². The van der Waals surface area contributed by atoms with Crippen molar-refractivity contribution in [2.45, 2.75) is 12.4 Å². The van der Waals surface area contributed by atoms with E-state index in [2.05, 4.69) is 33.5 Å². The third kappa shape index (κ3) is 2.18. The second kappa shape index (κ2) is 4.80. The Morgan fingerprint density at radius 1 is 1.44 bits per heavy atom. The molecule has 4 nitrogen and oxygen atoms in total. The lowest BCUT2D eigenvalue weighted by atomic mass is 10.4. The summed E-state index contributed by atoms with van der Waals surface area (Å²) < 4.78 is 2.16. The number of pyridine rings is 1. The van der Waals surface area contributed by atoms with Gasteiger partial charge in [-0.2, -0.15) is 0 Å². The van der Waals surface area contributed by atoms with Crippen LogP contribution in [-0.2, 0) is 12.4 Å². The summed E-state index contributed by atoms with van der Waals surface area (Å²) in [5, 5.41) is 0. The van der Waals surface area contributed by atoms with Gasteiger partial charge in [0.15, 0.2) is 0 Å². The number of likely N-dealkylation sites (N-methyl/N-ethyl adjacent to an activating group) is 1. The van der Waals surface area contributed by atoms with Crippen LogP contribution in [-0.4, -0.2) is 40.1 Å². The Balaban J connectivity index is 2.39. The Hall–Kier alpha value is -1.13. The van der Waals surface area contributed by atoms with Gasteiger partial charge in [0.05, 0.1) is 17.6 Å². The fraction of sp³-hybridized carbons (Fsp3) is 0.455. The van der Waals surface area contributed by atoms with E-state index in [0.717, 1.165) is 29.9 Å². The van der Waals surface area contributed by atoms with Gasteiger partial charge in [0.25, 0.3) is 0 Å². The van der Waals surface area contributed by atoms with Crippen LogP contribution in [0.3, 0.4) is 0 Å². The monoisotopic (exact) mass is 238 g/mol. The van der Waals surface area contributed by atoms with Crippen molar-refractivity contribution in [1.82, 2.24) is 19.4 Å². The molecule has 2 rings (SSSR count). The van der Waals surface area contributed by atoms with Crippen LogP contribution >= 0.6 is 11.6 Å². The minimum absolute atomic E-state index is 0.433. The van der Waals surface area contributed by atoms with Gasteiger partial charge in [0.2, 0.25) is 0 Å². The number of aromatic nitrogens is 3. The molecule has 0 aromatic carbocycles. The fourth-order valence-corrected chi connectivity index (χ4v) is 1.89. The quantitative estimate of drug-likeness (QED) is 0.761. The highest BCUT2D eigenvalue weighted by Crippen LogP contribution is 2.16. The van der Waals surface area contributed by atoms with Crippen LogP contribution in [0.4, 0.5) is 0 Å². The summed E-state index contributed by atoms with van der Waals surface area (Å²) in [6.45, 7) is 1.87. The summed E-state index contributed by atoms with van der Waals surface area (Å²) in [4.78, 5) is 10.7. The molecular formula is C11H15ClN4. The van der Waals surface area contributed by atoms with Crippen molar-refractivity contribution in [3.8, 4) is 0 Å².